The van der Waals surface area contributed by atoms with Gasteiger partial charge in [-0.1, -0.05) is 39.0 Å². The van der Waals surface area contributed by atoms with Crippen LogP contribution in [0.3, 0.4) is 0 Å². The Hall–Kier alpha value is -0.860. The van der Waals surface area contributed by atoms with Gasteiger partial charge in [0.15, 0.2) is 0 Å². The molecule has 0 amide bonds. The van der Waals surface area contributed by atoms with Gasteiger partial charge in [-0.3, -0.25) is 4.90 Å². The second kappa shape index (κ2) is 7.06. The van der Waals surface area contributed by atoms with Gasteiger partial charge >= 0.3 is 0 Å². The first-order valence-corrected chi connectivity index (χ1v) is 7.54. The Morgan fingerprint density at radius 1 is 1.05 bits per heavy atom. The molecule has 2 N–H and O–H groups in total. The van der Waals surface area contributed by atoms with Crippen LogP contribution in [0.4, 0.5) is 0 Å². The number of nitrogens with zero attached hydrogens (tertiary/aromatic N) is 1. The van der Waals surface area contributed by atoms with Crippen LogP contribution in [0.1, 0.15) is 50.3 Å². The molecule has 0 fully saturated rings. The Bertz CT molecular complexity index is 366. The molecule has 0 aliphatic heterocycles. The molecule has 0 atom stereocenters. The van der Waals surface area contributed by atoms with Crippen LogP contribution in [0.15, 0.2) is 18.2 Å². The SMILES string of the molecule is CCN(Cc1c(C)cccc1C)C(CC)(CC)CN. The van der Waals surface area contributed by atoms with Crippen LogP contribution < -0.4 is 5.73 Å². The lowest BCUT2D eigenvalue weighted by Gasteiger charge is -2.42. The zero-order valence-corrected chi connectivity index (χ0v) is 13.3. The van der Waals surface area contributed by atoms with E-state index in [1.165, 1.54) is 16.7 Å². The van der Waals surface area contributed by atoms with E-state index in [2.05, 4.69) is 57.7 Å². The molecule has 0 aromatic heterocycles. The molecule has 0 unspecified atom stereocenters. The summed E-state index contributed by atoms with van der Waals surface area (Å²) in [7, 11) is 0. The van der Waals surface area contributed by atoms with Crippen LogP contribution in [0.2, 0.25) is 0 Å². The summed E-state index contributed by atoms with van der Waals surface area (Å²) in [6.07, 6.45) is 2.22. The van der Waals surface area contributed by atoms with E-state index in [0.717, 1.165) is 32.5 Å². The predicted molar refractivity (Wildman–Crippen MR) is 84.4 cm³/mol. The Labute approximate surface area is 119 Å². The van der Waals surface area contributed by atoms with Crippen LogP contribution in [-0.2, 0) is 6.54 Å². The summed E-state index contributed by atoms with van der Waals surface area (Å²) in [5.74, 6) is 0. The van der Waals surface area contributed by atoms with E-state index >= 15 is 0 Å². The quantitative estimate of drug-likeness (QED) is 0.813. The monoisotopic (exact) mass is 262 g/mol. The molecular weight excluding hydrogens is 232 g/mol. The van der Waals surface area contributed by atoms with Crippen molar-refractivity contribution in [3.05, 3.63) is 34.9 Å². The minimum atomic E-state index is 0.142. The van der Waals surface area contributed by atoms with E-state index in [-0.39, 0.29) is 5.54 Å². The van der Waals surface area contributed by atoms with E-state index in [9.17, 15) is 0 Å². The molecule has 0 saturated heterocycles. The van der Waals surface area contributed by atoms with Crippen molar-refractivity contribution >= 4 is 0 Å². The molecule has 19 heavy (non-hydrogen) atoms. The van der Waals surface area contributed by atoms with Crippen LogP contribution in [-0.4, -0.2) is 23.5 Å². The normalized spacial score (nSPS) is 12.2. The van der Waals surface area contributed by atoms with Crippen LogP contribution >= 0.6 is 0 Å². The minimum Gasteiger partial charge on any atom is -0.329 e. The Balaban J connectivity index is 3.05. The topological polar surface area (TPSA) is 29.3 Å². The largest absolute Gasteiger partial charge is 0.329 e. The summed E-state index contributed by atoms with van der Waals surface area (Å²) in [5, 5.41) is 0. The van der Waals surface area contributed by atoms with Gasteiger partial charge in [0.05, 0.1) is 0 Å². The lowest BCUT2D eigenvalue weighted by atomic mass is 9.89. The fourth-order valence-electron chi connectivity index (χ4n) is 3.02. The molecule has 108 valence electrons. The van der Waals surface area contributed by atoms with Gasteiger partial charge in [-0.15, -0.1) is 0 Å². The van der Waals surface area contributed by atoms with E-state index < -0.39 is 0 Å². The number of hydrogen-bond acceptors (Lipinski definition) is 2. The first kappa shape index (κ1) is 16.2. The maximum absolute atomic E-state index is 6.09. The number of rotatable bonds is 7. The lowest BCUT2D eigenvalue weighted by Crippen LogP contribution is -2.52. The van der Waals surface area contributed by atoms with Gasteiger partial charge < -0.3 is 5.73 Å². The lowest BCUT2D eigenvalue weighted by molar-refractivity contribution is 0.0824. The highest BCUT2D eigenvalue weighted by atomic mass is 15.2. The van der Waals surface area contributed by atoms with Crippen LogP contribution in [0, 0.1) is 13.8 Å². The summed E-state index contributed by atoms with van der Waals surface area (Å²) >= 11 is 0. The highest BCUT2D eigenvalue weighted by Gasteiger charge is 2.31. The van der Waals surface area contributed by atoms with Gasteiger partial charge in [0.1, 0.15) is 0 Å². The molecule has 2 nitrogen and oxygen atoms in total. The molecule has 0 aliphatic rings. The molecule has 1 aromatic carbocycles. The Morgan fingerprint density at radius 2 is 1.58 bits per heavy atom. The molecular formula is C17H30N2. The van der Waals surface area contributed by atoms with E-state index in [4.69, 9.17) is 5.73 Å². The number of benzene rings is 1. The molecule has 0 heterocycles. The highest BCUT2D eigenvalue weighted by molar-refractivity contribution is 5.33. The summed E-state index contributed by atoms with van der Waals surface area (Å²) in [6.45, 7) is 14.0. The maximum atomic E-state index is 6.09. The second-order valence-electron chi connectivity index (χ2n) is 5.52. The van der Waals surface area contributed by atoms with Gasteiger partial charge in [0, 0.05) is 18.6 Å². The Kier molecular flexibility index (Phi) is 6.02. The van der Waals surface area contributed by atoms with Gasteiger partial charge in [-0.25, -0.2) is 0 Å². The third-order valence-electron chi connectivity index (χ3n) is 4.74. The Morgan fingerprint density at radius 3 is 1.95 bits per heavy atom. The fraction of sp³-hybridized carbons (Fsp3) is 0.647. The van der Waals surface area contributed by atoms with Gasteiger partial charge in [-0.2, -0.15) is 0 Å². The first-order valence-electron chi connectivity index (χ1n) is 7.54. The average Bonchev–Trinajstić information content (AvgIpc) is 2.43. The first-order chi connectivity index (χ1) is 9.04. The molecule has 1 rings (SSSR count). The van der Waals surface area contributed by atoms with Crippen molar-refractivity contribution in [3.63, 3.8) is 0 Å². The number of nitrogens with two attached hydrogens (primary N) is 1. The van der Waals surface area contributed by atoms with E-state index in [1.807, 2.05) is 0 Å². The summed E-state index contributed by atoms with van der Waals surface area (Å²) in [6, 6.07) is 6.55. The van der Waals surface area contributed by atoms with Crippen molar-refractivity contribution in [2.45, 2.75) is 59.5 Å². The van der Waals surface area contributed by atoms with Gasteiger partial charge in [0.25, 0.3) is 0 Å². The van der Waals surface area contributed by atoms with Crippen molar-refractivity contribution < 1.29 is 0 Å². The molecule has 1 aromatic rings. The summed E-state index contributed by atoms with van der Waals surface area (Å²) < 4.78 is 0. The third-order valence-corrected chi connectivity index (χ3v) is 4.74. The van der Waals surface area contributed by atoms with Gasteiger partial charge in [-0.05, 0) is 49.9 Å². The van der Waals surface area contributed by atoms with Gasteiger partial charge in [0.2, 0.25) is 0 Å². The molecule has 0 bridgehead atoms. The van der Waals surface area contributed by atoms with Crippen molar-refractivity contribution in [3.8, 4) is 0 Å². The minimum absolute atomic E-state index is 0.142. The number of likely N-dealkylation sites (N-methyl/N-ethyl adjacent to an activating group) is 1. The zero-order valence-electron chi connectivity index (χ0n) is 13.3. The standard InChI is InChI=1S/C17H30N2/c1-6-17(7-2,13-18)19(8-3)12-16-14(4)10-9-11-15(16)5/h9-11H,6-8,12-13,18H2,1-5H3. The van der Waals surface area contributed by atoms with Crippen LogP contribution in [0.5, 0.6) is 0 Å². The summed E-state index contributed by atoms with van der Waals surface area (Å²) in [5.41, 5.74) is 10.5. The maximum Gasteiger partial charge on any atom is 0.0329 e. The zero-order chi connectivity index (χ0) is 14.5. The number of aryl methyl sites for hydroxylation is 2. The molecule has 0 aliphatic carbocycles. The average molecular weight is 262 g/mol. The highest BCUT2D eigenvalue weighted by Crippen LogP contribution is 2.26. The second-order valence-corrected chi connectivity index (χ2v) is 5.52. The predicted octanol–water partition coefficient (Wildman–Crippen LogP) is 3.64. The molecule has 2 heteroatoms. The third kappa shape index (κ3) is 3.37. The van der Waals surface area contributed by atoms with Crippen molar-refractivity contribution in [1.82, 2.24) is 4.90 Å². The van der Waals surface area contributed by atoms with Crippen molar-refractivity contribution in [1.29, 1.82) is 0 Å². The molecule has 0 radical (unpaired) electrons. The fourth-order valence-corrected chi connectivity index (χ4v) is 3.02. The van der Waals surface area contributed by atoms with E-state index in [1.54, 1.807) is 0 Å². The summed E-state index contributed by atoms with van der Waals surface area (Å²) in [4.78, 5) is 2.56. The van der Waals surface area contributed by atoms with Crippen molar-refractivity contribution in [2.24, 2.45) is 5.73 Å². The molecule has 0 saturated carbocycles. The van der Waals surface area contributed by atoms with Crippen LogP contribution in [0.25, 0.3) is 0 Å². The van der Waals surface area contributed by atoms with Crippen molar-refractivity contribution in [2.75, 3.05) is 13.1 Å². The number of hydrogen-bond donors (Lipinski definition) is 1. The smallest absolute Gasteiger partial charge is 0.0329 e. The van der Waals surface area contributed by atoms with E-state index in [0.29, 0.717) is 0 Å². The molecule has 0 spiro atoms.